The summed E-state index contributed by atoms with van der Waals surface area (Å²) >= 11 is 0. The maximum Gasteiger partial charge on any atom is 0.354 e. The van der Waals surface area contributed by atoms with Gasteiger partial charge in [0.1, 0.15) is 0 Å². The van der Waals surface area contributed by atoms with Gasteiger partial charge in [-0.3, -0.25) is 0 Å². The van der Waals surface area contributed by atoms with Gasteiger partial charge in [-0.25, -0.2) is 9.78 Å². The minimum Gasteiger partial charge on any atom is -0.477 e. The molecule has 0 radical (unpaired) electrons. The molecule has 2 rings (SSSR count). The third-order valence-corrected chi connectivity index (χ3v) is 2.32. The number of carboxylic acids is 1. The van der Waals surface area contributed by atoms with Crippen LogP contribution in [0, 0.1) is 5.92 Å². The molecule has 1 aliphatic heterocycles. The monoisotopic (exact) mass is 224 g/mol. The second-order valence-electron chi connectivity index (χ2n) is 3.57. The summed E-state index contributed by atoms with van der Waals surface area (Å²) in [5.41, 5.74) is -0.0623. The second-order valence-corrected chi connectivity index (χ2v) is 3.57. The zero-order valence-corrected chi connectivity index (χ0v) is 8.63. The Hall–Kier alpha value is -1.69. The number of nitrogens with zero attached hydrogens (tertiary/aromatic N) is 2. The molecule has 2 heterocycles. The van der Waals surface area contributed by atoms with E-state index in [9.17, 15) is 4.79 Å². The molecule has 1 aromatic rings. The van der Waals surface area contributed by atoms with E-state index in [1.807, 2.05) is 0 Å². The van der Waals surface area contributed by atoms with E-state index in [0.29, 0.717) is 19.1 Å². The Labute approximate surface area is 92.2 Å². The van der Waals surface area contributed by atoms with Crippen LogP contribution in [0.25, 0.3) is 0 Å². The molecular formula is C10H12N2O4. The van der Waals surface area contributed by atoms with Crippen molar-refractivity contribution in [1.29, 1.82) is 0 Å². The van der Waals surface area contributed by atoms with Gasteiger partial charge in [0.05, 0.1) is 13.2 Å². The molecule has 0 bridgehead atoms. The van der Waals surface area contributed by atoms with Crippen molar-refractivity contribution in [2.75, 3.05) is 19.8 Å². The number of aromatic nitrogens is 2. The van der Waals surface area contributed by atoms with Gasteiger partial charge in [-0.1, -0.05) is 0 Å². The fourth-order valence-corrected chi connectivity index (χ4v) is 1.44. The third kappa shape index (κ3) is 2.66. The van der Waals surface area contributed by atoms with Gasteiger partial charge in [0.25, 0.3) is 0 Å². The molecule has 1 unspecified atom stereocenters. The number of ether oxygens (including phenoxy) is 2. The zero-order chi connectivity index (χ0) is 11.4. The van der Waals surface area contributed by atoms with Crippen molar-refractivity contribution in [3.8, 4) is 6.01 Å². The summed E-state index contributed by atoms with van der Waals surface area (Å²) in [5.74, 6) is -0.742. The first-order chi connectivity index (χ1) is 7.75. The summed E-state index contributed by atoms with van der Waals surface area (Å²) in [6, 6.07) is 1.43. The fourth-order valence-electron chi connectivity index (χ4n) is 1.44. The Bertz CT molecular complexity index is 377. The summed E-state index contributed by atoms with van der Waals surface area (Å²) in [5, 5.41) is 8.72. The summed E-state index contributed by atoms with van der Waals surface area (Å²) in [6.45, 7) is 1.89. The number of hydrogen-bond acceptors (Lipinski definition) is 5. The van der Waals surface area contributed by atoms with Crippen LogP contribution in [0.5, 0.6) is 6.01 Å². The van der Waals surface area contributed by atoms with E-state index >= 15 is 0 Å². The number of aromatic carboxylic acids is 1. The SMILES string of the molecule is O=C(O)c1ccnc(OCC2CCOC2)n1. The molecule has 0 aromatic carbocycles. The van der Waals surface area contributed by atoms with Crippen molar-refractivity contribution >= 4 is 5.97 Å². The molecule has 1 atom stereocenters. The number of rotatable bonds is 4. The average molecular weight is 224 g/mol. The van der Waals surface area contributed by atoms with Crippen LogP contribution < -0.4 is 4.74 Å². The summed E-state index contributed by atoms with van der Waals surface area (Å²) in [6.07, 6.45) is 2.33. The number of carbonyl (C=O) groups is 1. The van der Waals surface area contributed by atoms with Crippen LogP contribution in [-0.4, -0.2) is 40.9 Å². The molecule has 1 saturated heterocycles. The molecule has 16 heavy (non-hydrogen) atoms. The van der Waals surface area contributed by atoms with E-state index in [1.165, 1.54) is 12.3 Å². The van der Waals surface area contributed by atoms with Crippen LogP contribution in [0.15, 0.2) is 12.3 Å². The molecule has 6 nitrogen and oxygen atoms in total. The lowest BCUT2D eigenvalue weighted by molar-refractivity contribution is 0.0688. The van der Waals surface area contributed by atoms with Gasteiger partial charge in [-0.15, -0.1) is 0 Å². The maximum absolute atomic E-state index is 10.6. The third-order valence-electron chi connectivity index (χ3n) is 2.32. The normalized spacial score (nSPS) is 19.6. The van der Waals surface area contributed by atoms with E-state index in [1.54, 1.807) is 0 Å². The molecule has 0 aliphatic carbocycles. The van der Waals surface area contributed by atoms with Crippen LogP contribution in [-0.2, 0) is 4.74 Å². The van der Waals surface area contributed by atoms with Gasteiger partial charge in [0.15, 0.2) is 5.69 Å². The molecule has 0 saturated carbocycles. The lowest BCUT2D eigenvalue weighted by atomic mass is 10.1. The average Bonchev–Trinajstić information content (AvgIpc) is 2.79. The van der Waals surface area contributed by atoms with E-state index in [-0.39, 0.29) is 11.7 Å². The summed E-state index contributed by atoms with van der Waals surface area (Å²) < 4.78 is 10.5. The predicted molar refractivity (Wildman–Crippen MR) is 53.4 cm³/mol. The molecule has 0 spiro atoms. The van der Waals surface area contributed by atoms with E-state index in [2.05, 4.69) is 9.97 Å². The molecule has 1 aliphatic rings. The highest BCUT2D eigenvalue weighted by Gasteiger charge is 2.17. The van der Waals surface area contributed by atoms with Crippen molar-refractivity contribution in [3.05, 3.63) is 18.0 Å². The fraction of sp³-hybridized carbons (Fsp3) is 0.500. The van der Waals surface area contributed by atoms with Crippen molar-refractivity contribution in [3.63, 3.8) is 0 Å². The van der Waals surface area contributed by atoms with Crippen LogP contribution in [0.1, 0.15) is 16.9 Å². The number of carboxylic acid groups (broad SMARTS) is 1. The van der Waals surface area contributed by atoms with Crippen LogP contribution >= 0.6 is 0 Å². The van der Waals surface area contributed by atoms with Crippen molar-refractivity contribution in [2.24, 2.45) is 5.92 Å². The van der Waals surface area contributed by atoms with Crippen molar-refractivity contribution < 1.29 is 19.4 Å². The standard InChI is InChI=1S/C10H12N2O4/c13-9(14)8-1-3-11-10(12-8)16-6-7-2-4-15-5-7/h1,3,7H,2,4-6H2,(H,13,14). The highest BCUT2D eigenvalue weighted by molar-refractivity contribution is 5.85. The number of hydrogen-bond donors (Lipinski definition) is 1. The Morgan fingerprint density at radius 2 is 2.56 bits per heavy atom. The van der Waals surface area contributed by atoms with Gasteiger partial charge in [0, 0.05) is 18.7 Å². The second kappa shape index (κ2) is 4.89. The highest BCUT2D eigenvalue weighted by atomic mass is 16.5. The Morgan fingerprint density at radius 3 is 3.25 bits per heavy atom. The largest absolute Gasteiger partial charge is 0.477 e. The van der Waals surface area contributed by atoms with Crippen molar-refractivity contribution in [1.82, 2.24) is 9.97 Å². The Morgan fingerprint density at radius 1 is 1.69 bits per heavy atom. The quantitative estimate of drug-likeness (QED) is 0.806. The maximum atomic E-state index is 10.6. The summed E-state index contributed by atoms with van der Waals surface area (Å²) in [4.78, 5) is 18.3. The molecule has 1 N–H and O–H groups in total. The Balaban J connectivity index is 1.93. The molecule has 1 aromatic heterocycles. The lowest BCUT2D eigenvalue weighted by Crippen LogP contribution is -2.13. The van der Waals surface area contributed by atoms with Crippen molar-refractivity contribution in [2.45, 2.75) is 6.42 Å². The van der Waals surface area contributed by atoms with Crippen LogP contribution in [0.3, 0.4) is 0 Å². The molecule has 0 amide bonds. The molecule has 6 heteroatoms. The predicted octanol–water partition coefficient (Wildman–Crippen LogP) is 0.590. The minimum atomic E-state index is -1.09. The van der Waals surface area contributed by atoms with Crippen LogP contribution in [0.4, 0.5) is 0 Å². The van der Waals surface area contributed by atoms with E-state index in [4.69, 9.17) is 14.6 Å². The molecule has 86 valence electrons. The van der Waals surface area contributed by atoms with Gasteiger partial charge in [-0.2, -0.15) is 4.98 Å². The zero-order valence-electron chi connectivity index (χ0n) is 8.63. The Kier molecular flexibility index (Phi) is 3.31. The first kappa shape index (κ1) is 10.8. The van der Waals surface area contributed by atoms with Gasteiger partial charge >= 0.3 is 12.0 Å². The lowest BCUT2D eigenvalue weighted by Gasteiger charge is -2.08. The van der Waals surface area contributed by atoms with Crippen LogP contribution in [0.2, 0.25) is 0 Å². The molecule has 1 fully saturated rings. The first-order valence-corrected chi connectivity index (χ1v) is 5.02. The van der Waals surface area contributed by atoms with Gasteiger partial charge in [-0.05, 0) is 12.5 Å². The first-order valence-electron chi connectivity index (χ1n) is 5.02. The van der Waals surface area contributed by atoms with E-state index < -0.39 is 5.97 Å². The van der Waals surface area contributed by atoms with Gasteiger partial charge in [0.2, 0.25) is 0 Å². The minimum absolute atomic E-state index is 0.0623. The summed E-state index contributed by atoms with van der Waals surface area (Å²) in [7, 11) is 0. The van der Waals surface area contributed by atoms with E-state index in [0.717, 1.165) is 13.0 Å². The topological polar surface area (TPSA) is 81.5 Å². The van der Waals surface area contributed by atoms with Gasteiger partial charge < -0.3 is 14.6 Å². The highest BCUT2D eigenvalue weighted by Crippen LogP contribution is 2.13. The smallest absolute Gasteiger partial charge is 0.354 e. The molecular weight excluding hydrogens is 212 g/mol.